The largest absolute Gasteiger partial charge is 0.306 e. The van der Waals surface area contributed by atoms with E-state index in [2.05, 4.69) is 11.9 Å². The fourth-order valence-electron chi connectivity index (χ4n) is 5.74. The van der Waals surface area contributed by atoms with Gasteiger partial charge in [-0.15, -0.1) is 0 Å². The third kappa shape index (κ3) is 3.25. The van der Waals surface area contributed by atoms with Crippen molar-refractivity contribution >= 4 is 52.5 Å². The minimum absolute atomic E-state index is 0.201. The highest BCUT2D eigenvalue weighted by molar-refractivity contribution is 7.98. The number of thioether (sulfide) groups is 1. The number of para-hydroxylation sites is 1. The molecule has 2 fully saturated rings. The van der Waals surface area contributed by atoms with Crippen molar-refractivity contribution in [2.45, 2.75) is 24.9 Å². The van der Waals surface area contributed by atoms with Crippen molar-refractivity contribution in [1.29, 1.82) is 0 Å². The number of benzene rings is 2. The van der Waals surface area contributed by atoms with Gasteiger partial charge in [-0.2, -0.15) is 11.8 Å². The number of anilines is 2. The van der Waals surface area contributed by atoms with Crippen LogP contribution in [0.25, 0.3) is 0 Å². The molecule has 176 valence electrons. The summed E-state index contributed by atoms with van der Waals surface area (Å²) in [6.45, 7) is 6.22. The Morgan fingerprint density at radius 2 is 1.91 bits per heavy atom. The molecule has 0 unspecified atom stereocenters. The van der Waals surface area contributed by atoms with Crippen LogP contribution in [0.4, 0.5) is 11.4 Å². The SMILES string of the molecule is C=C(C)CN1C(=O)[C@]2(N[C@H](CCSC)[C@H]3C(=O)N(c4cccc(Cl)c4)C(=O)[C@@H]32)c2ccccc21. The highest BCUT2D eigenvalue weighted by Gasteiger charge is 2.71. The number of rotatable bonds is 6. The van der Waals surface area contributed by atoms with Gasteiger partial charge in [0.1, 0.15) is 5.54 Å². The quantitative estimate of drug-likeness (QED) is 0.484. The molecule has 2 aromatic rings. The monoisotopic (exact) mass is 495 g/mol. The highest BCUT2D eigenvalue weighted by Crippen LogP contribution is 2.55. The molecule has 0 bridgehead atoms. The Labute approximate surface area is 208 Å². The Bertz CT molecular complexity index is 1220. The van der Waals surface area contributed by atoms with E-state index in [1.807, 2.05) is 37.4 Å². The smallest absolute Gasteiger partial charge is 0.253 e. The number of carbonyl (C=O) groups is 3. The number of nitrogens with one attached hydrogen (secondary N) is 1. The molecule has 1 N–H and O–H groups in total. The minimum atomic E-state index is -1.29. The lowest BCUT2D eigenvalue weighted by Crippen LogP contribution is -2.55. The van der Waals surface area contributed by atoms with E-state index in [0.717, 1.165) is 22.6 Å². The number of imide groups is 1. The van der Waals surface area contributed by atoms with Crippen LogP contribution in [0.1, 0.15) is 18.9 Å². The van der Waals surface area contributed by atoms with Gasteiger partial charge in [0, 0.05) is 28.9 Å². The van der Waals surface area contributed by atoms with E-state index >= 15 is 0 Å². The van der Waals surface area contributed by atoms with E-state index in [9.17, 15) is 14.4 Å². The van der Waals surface area contributed by atoms with E-state index in [-0.39, 0.29) is 23.8 Å². The molecule has 4 atom stereocenters. The zero-order valence-corrected chi connectivity index (χ0v) is 20.7. The van der Waals surface area contributed by atoms with Crippen molar-refractivity contribution in [3.63, 3.8) is 0 Å². The second kappa shape index (κ2) is 8.56. The maximum Gasteiger partial charge on any atom is 0.253 e. The maximum atomic E-state index is 14.1. The van der Waals surface area contributed by atoms with Crippen molar-refractivity contribution in [2.75, 3.05) is 28.4 Å². The van der Waals surface area contributed by atoms with Gasteiger partial charge < -0.3 is 4.90 Å². The van der Waals surface area contributed by atoms with Crippen LogP contribution in [-0.2, 0) is 19.9 Å². The molecular formula is C26H26ClN3O3S. The van der Waals surface area contributed by atoms with Gasteiger partial charge in [0.15, 0.2) is 0 Å². The first-order valence-corrected chi connectivity index (χ1v) is 13.0. The van der Waals surface area contributed by atoms with Gasteiger partial charge in [0.25, 0.3) is 5.91 Å². The van der Waals surface area contributed by atoms with Crippen LogP contribution in [0.5, 0.6) is 0 Å². The molecule has 0 aromatic heterocycles. The predicted molar refractivity (Wildman–Crippen MR) is 136 cm³/mol. The molecule has 0 radical (unpaired) electrons. The molecular weight excluding hydrogens is 470 g/mol. The van der Waals surface area contributed by atoms with Gasteiger partial charge in [-0.3, -0.25) is 19.7 Å². The van der Waals surface area contributed by atoms with Gasteiger partial charge >= 0.3 is 0 Å². The van der Waals surface area contributed by atoms with Gasteiger partial charge in [-0.1, -0.05) is 48.0 Å². The number of hydrogen-bond donors (Lipinski definition) is 1. The van der Waals surface area contributed by atoms with Crippen molar-refractivity contribution in [3.8, 4) is 0 Å². The molecule has 2 saturated heterocycles. The fraction of sp³-hybridized carbons (Fsp3) is 0.346. The standard InChI is InChI=1S/C26H26ClN3O3S/c1-15(2)14-29-20-10-5-4-9-18(20)26(25(29)33)22-21(19(28-26)11-12-34-3)23(31)30(24(22)32)17-8-6-7-16(27)13-17/h4-10,13,19,21-22,28H,1,11-12,14H2,2-3H3/t19-,21-,22-,26+/m1/s1. The van der Waals surface area contributed by atoms with E-state index in [0.29, 0.717) is 23.7 Å². The summed E-state index contributed by atoms with van der Waals surface area (Å²) in [5.74, 6) is -1.52. The molecule has 3 aliphatic rings. The van der Waals surface area contributed by atoms with E-state index in [1.54, 1.807) is 40.9 Å². The van der Waals surface area contributed by atoms with E-state index in [4.69, 9.17) is 11.6 Å². The van der Waals surface area contributed by atoms with Crippen LogP contribution in [-0.4, -0.2) is 42.3 Å². The summed E-state index contributed by atoms with van der Waals surface area (Å²) in [4.78, 5) is 44.8. The fourth-order valence-corrected chi connectivity index (χ4v) is 6.41. The molecule has 3 heterocycles. The lowest BCUT2D eigenvalue weighted by Gasteiger charge is -2.30. The summed E-state index contributed by atoms with van der Waals surface area (Å²) >= 11 is 7.86. The average Bonchev–Trinajstić information content (AvgIpc) is 3.37. The van der Waals surface area contributed by atoms with Crippen LogP contribution >= 0.6 is 23.4 Å². The Morgan fingerprint density at radius 3 is 2.62 bits per heavy atom. The number of fused-ring (bicyclic) bond motifs is 4. The van der Waals surface area contributed by atoms with Crippen LogP contribution in [0.3, 0.4) is 0 Å². The highest BCUT2D eigenvalue weighted by atomic mass is 35.5. The number of hydrogen-bond acceptors (Lipinski definition) is 5. The molecule has 3 aliphatic heterocycles. The first-order chi connectivity index (χ1) is 16.3. The molecule has 34 heavy (non-hydrogen) atoms. The topological polar surface area (TPSA) is 69.7 Å². The molecule has 3 amide bonds. The van der Waals surface area contributed by atoms with Gasteiger partial charge in [-0.05, 0) is 49.6 Å². The number of halogens is 1. The number of carbonyl (C=O) groups excluding carboxylic acids is 3. The van der Waals surface area contributed by atoms with Crippen LogP contribution in [0.2, 0.25) is 5.02 Å². The molecule has 2 aromatic carbocycles. The minimum Gasteiger partial charge on any atom is -0.306 e. The lowest BCUT2D eigenvalue weighted by atomic mass is 9.76. The second-order valence-corrected chi connectivity index (χ2v) is 10.6. The molecule has 6 nitrogen and oxygen atoms in total. The first-order valence-electron chi connectivity index (χ1n) is 11.3. The van der Waals surface area contributed by atoms with Gasteiger partial charge in [0.2, 0.25) is 11.8 Å². The average molecular weight is 496 g/mol. The summed E-state index contributed by atoms with van der Waals surface area (Å²) in [6.07, 6.45) is 2.68. The van der Waals surface area contributed by atoms with Gasteiger partial charge in [0.05, 0.1) is 17.5 Å². The van der Waals surface area contributed by atoms with E-state index in [1.165, 1.54) is 4.90 Å². The predicted octanol–water partition coefficient (Wildman–Crippen LogP) is 3.99. The van der Waals surface area contributed by atoms with Crippen LogP contribution in [0, 0.1) is 11.8 Å². The van der Waals surface area contributed by atoms with E-state index < -0.39 is 17.4 Å². The summed E-state index contributed by atoms with van der Waals surface area (Å²) in [7, 11) is 0. The van der Waals surface area contributed by atoms with Crippen molar-refractivity contribution in [1.82, 2.24) is 5.32 Å². The van der Waals surface area contributed by atoms with Crippen LogP contribution < -0.4 is 15.1 Å². The number of nitrogens with zero attached hydrogens (tertiary/aromatic N) is 2. The first kappa shape index (κ1) is 23.1. The third-order valence-electron chi connectivity index (χ3n) is 6.99. The van der Waals surface area contributed by atoms with Crippen molar-refractivity contribution in [3.05, 3.63) is 71.3 Å². The van der Waals surface area contributed by atoms with Crippen molar-refractivity contribution in [2.24, 2.45) is 11.8 Å². The normalized spacial score (nSPS) is 27.6. The lowest BCUT2D eigenvalue weighted by molar-refractivity contribution is -0.132. The van der Waals surface area contributed by atoms with Crippen molar-refractivity contribution < 1.29 is 14.4 Å². The summed E-state index contributed by atoms with van der Waals surface area (Å²) < 4.78 is 0. The molecule has 0 aliphatic carbocycles. The molecule has 1 spiro atoms. The Hall–Kier alpha value is -2.61. The molecule has 0 saturated carbocycles. The van der Waals surface area contributed by atoms with Crippen LogP contribution in [0.15, 0.2) is 60.7 Å². The summed E-state index contributed by atoms with van der Waals surface area (Å²) in [5, 5.41) is 3.97. The van der Waals surface area contributed by atoms with Gasteiger partial charge in [-0.25, -0.2) is 4.90 Å². The second-order valence-electron chi connectivity index (χ2n) is 9.20. The molecule has 5 rings (SSSR count). The zero-order valence-electron chi connectivity index (χ0n) is 19.1. The summed E-state index contributed by atoms with van der Waals surface area (Å²) in [5.41, 5.74) is 1.49. The Kier molecular flexibility index (Phi) is 5.82. The zero-order chi connectivity index (χ0) is 24.2. The molecule has 8 heteroatoms. The maximum absolute atomic E-state index is 14.1. The Morgan fingerprint density at radius 1 is 1.15 bits per heavy atom. The Balaban J connectivity index is 1.67. The summed E-state index contributed by atoms with van der Waals surface area (Å²) in [6, 6.07) is 14.0. The number of amides is 3. The third-order valence-corrected chi connectivity index (χ3v) is 7.87.